The van der Waals surface area contributed by atoms with Crippen molar-refractivity contribution in [3.63, 3.8) is 0 Å². The first-order chi connectivity index (χ1) is 16.9. The molecule has 3 aromatic rings. The van der Waals surface area contributed by atoms with E-state index in [1.165, 1.54) is 23.5 Å². The number of aromatic nitrogens is 3. The summed E-state index contributed by atoms with van der Waals surface area (Å²) in [4.78, 5) is 28.2. The molecule has 1 unspecified atom stereocenters. The van der Waals surface area contributed by atoms with Gasteiger partial charge in [0, 0.05) is 45.3 Å². The number of benzene rings is 1. The first kappa shape index (κ1) is 23.4. The average molecular weight is 500 g/mol. The molecule has 0 saturated carbocycles. The summed E-state index contributed by atoms with van der Waals surface area (Å²) in [6.45, 7) is 3.61. The highest BCUT2D eigenvalue weighted by Crippen LogP contribution is 2.33. The van der Waals surface area contributed by atoms with Crippen LogP contribution in [0.5, 0.6) is 5.75 Å². The van der Waals surface area contributed by atoms with Gasteiger partial charge in [-0.3, -0.25) is 19.3 Å². The Morgan fingerprint density at radius 1 is 1.17 bits per heavy atom. The van der Waals surface area contributed by atoms with E-state index in [1.54, 1.807) is 27.9 Å². The predicted octanol–water partition coefficient (Wildman–Crippen LogP) is 2.60. The number of halogens is 1. The number of fused-ring (bicyclic) bond motifs is 1. The highest BCUT2D eigenvalue weighted by atomic mass is 32.1. The number of nitrogens with zero attached hydrogens (tertiary/aromatic N) is 5. The average Bonchev–Trinajstić information content (AvgIpc) is 3.32. The standard InChI is InChI=1S/C24H26FN5O4S/c1-3-29-23(15-8-10-34-11-9-15)28(2)30-13-17(20(31)21(32)19(30)24(29)33)22-27-26-18(35-22)12-14-4-6-16(25)7-5-14/h4-7,13,15,23,32H,3,8-12H2,1-2H3. The van der Waals surface area contributed by atoms with Gasteiger partial charge in [-0.1, -0.05) is 23.5 Å². The van der Waals surface area contributed by atoms with E-state index in [-0.39, 0.29) is 35.1 Å². The number of ether oxygens (including phenoxy) is 1. The van der Waals surface area contributed by atoms with Crippen LogP contribution in [0.2, 0.25) is 0 Å². The Morgan fingerprint density at radius 3 is 2.57 bits per heavy atom. The third-order valence-electron chi connectivity index (χ3n) is 6.66. The van der Waals surface area contributed by atoms with Crippen molar-refractivity contribution < 1.29 is 19.0 Å². The number of rotatable bonds is 5. The van der Waals surface area contributed by atoms with Gasteiger partial charge in [-0.2, -0.15) is 0 Å². The molecule has 2 aliphatic rings. The molecule has 35 heavy (non-hydrogen) atoms. The molecule has 1 fully saturated rings. The summed E-state index contributed by atoms with van der Waals surface area (Å²) in [6, 6.07) is 6.11. The Balaban J connectivity index is 1.53. The van der Waals surface area contributed by atoms with Gasteiger partial charge in [-0.15, -0.1) is 10.2 Å². The molecule has 0 spiro atoms. The van der Waals surface area contributed by atoms with E-state index in [2.05, 4.69) is 10.2 Å². The molecule has 2 aromatic heterocycles. The van der Waals surface area contributed by atoms with Crippen molar-refractivity contribution in [3.05, 3.63) is 62.8 Å². The smallest absolute Gasteiger partial charge is 0.278 e. The third-order valence-corrected chi connectivity index (χ3v) is 7.62. The fraction of sp³-hybridized carbons (Fsp3) is 0.417. The molecule has 184 valence electrons. The van der Waals surface area contributed by atoms with Crippen molar-refractivity contribution in [3.8, 4) is 16.3 Å². The van der Waals surface area contributed by atoms with Gasteiger partial charge in [0.2, 0.25) is 5.43 Å². The van der Waals surface area contributed by atoms with Crippen LogP contribution in [0.4, 0.5) is 4.39 Å². The second kappa shape index (κ2) is 9.38. The summed E-state index contributed by atoms with van der Waals surface area (Å²) >= 11 is 1.22. The van der Waals surface area contributed by atoms with Crippen LogP contribution in [-0.4, -0.2) is 63.8 Å². The van der Waals surface area contributed by atoms with E-state index in [0.29, 0.717) is 36.2 Å². The van der Waals surface area contributed by atoms with Gasteiger partial charge in [0.15, 0.2) is 16.5 Å². The maximum Gasteiger partial charge on any atom is 0.278 e. The maximum atomic E-state index is 13.4. The molecular formula is C24H26FN5O4S. The number of carbonyl (C=O) groups excluding carboxylic acids is 1. The minimum Gasteiger partial charge on any atom is -0.502 e. The molecule has 1 N–H and O–H groups in total. The van der Waals surface area contributed by atoms with Crippen LogP contribution >= 0.6 is 11.3 Å². The van der Waals surface area contributed by atoms with Crippen LogP contribution in [0, 0.1) is 11.7 Å². The van der Waals surface area contributed by atoms with Gasteiger partial charge >= 0.3 is 0 Å². The maximum absolute atomic E-state index is 13.4. The summed E-state index contributed by atoms with van der Waals surface area (Å²) < 4.78 is 20.3. The van der Waals surface area contributed by atoms with Crippen LogP contribution in [0.3, 0.4) is 0 Å². The van der Waals surface area contributed by atoms with E-state index < -0.39 is 11.2 Å². The number of hydrogen-bond acceptors (Lipinski definition) is 8. The monoisotopic (exact) mass is 499 g/mol. The highest BCUT2D eigenvalue weighted by Gasteiger charge is 2.42. The fourth-order valence-electron chi connectivity index (χ4n) is 4.89. The Hall–Kier alpha value is -3.31. The summed E-state index contributed by atoms with van der Waals surface area (Å²) in [6.07, 6.45) is 3.40. The third kappa shape index (κ3) is 4.19. The second-order valence-electron chi connectivity index (χ2n) is 8.75. The van der Waals surface area contributed by atoms with Gasteiger partial charge in [0.05, 0.1) is 5.56 Å². The number of hydrogen-bond donors (Lipinski definition) is 1. The fourth-order valence-corrected chi connectivity index (χ4v) is 5.77. The summed E-state index contributed by atoms with van der Waals surface area (Å²) in [5.74, 6) is -1.10. The SMILES string of the molecule is CCN1C(=O)c2c(O)c(=O)c(-c3nnc(Cc4ccc(F)cc4)s3)cn2N(C)C1C1CCOCC1. The lowest BCUT2D eigenvalue weighted by molar-refractivity contribution is 0.0128. The van der Waals surface area contributed by atoms with Crippen molar-refractivity contribution in [1.29, 1.82) is 0 Å². The second-order valence-corrected chi connectivity index (χ2v) is 9.81. The van der Waals surface area contributed by atoms with Gasteiger partial charge < -0.3 is 14.7 Å². The zero-order valence-corrected chi connectivity index (χ0v) is 20.3. The first-order valence-corrected chi connectivity index (χ1v) is 12.4. The normalized spacial score (nSPS) is 18.7. The lowest BCUT2D eigenvalue weighted by atomic mass is 9.94. The summed E-state index contributed by atoms with van der Waals surface area (Å²) in [5.41, 5.74) is 0.318. The molecule has 0 aliphatic carbocycles. The van der Waals surface area contributed by atoms with Gasteiger partial charge in [0.1, 0.15) is 17.0 Å². The molecule has 11 heteroatoms. The Kier molecular flexibility index (Phi) is 6.28. The number of carbonyl (C=O) groups is 1. The van der Waals surface area contributed by atoms with Crippen LogP contribution in [0.15, 0.2) is 35.3 Å². The minimum atomic E-state index is -0.664. The molecule has 1 saturated heterocycles. The van der Waals surface area contributed by atoms with Crippen molar-refractivity contribution in [2.45, 2.75) is 32.4 Å². The quantitative estimate of drug-likeness (QED) is 0.576. The Bertz CT molecular complexity index is 1300. The molecule has 5 rings (SSSR count). The van der Waals surface area contributed by atoms with Crippen molar-refractivity contribution in [1.82, 2.24) is 19.8 Å². The summed E-state index contributed by atoms with van der Waals surface area (Å²) in [5, 5.41) is 22.1. The largest absolute Gasteiger partial charge is 0.502 e. The molecular weight excluding hydrogens is 473 g/mol. The number of aromatic hydroxyl groups is 1. The lowest BCUT2D eigenvalue weighted by Gasteiger charge is -2.48. The molecule has 4 heterocycles. The minimum absolute atomic E-state index is 0.0533. The number of amides is 1. The van der Waals surface area contributed by atoms with E-state index in [4.69, 9.17) is 4.74 Å². The van der Waals surface area contributed by atoms with Crippen LogP contribution in [-0.2, 0) is 11.2 Å². The van der Waals surface area contributed by atoms with Crippen LogP contribution < -0.4 is 10.4 Å². The zero-order valence-electron chi connectivity index (χ0n) is 19.5. The van der Waals surface area contributed by atoms with E-state index in [0.717, 1.165) is 18.4 Å². The van der Waals surface area contributed by atoms with Crippen LogP contribution in [0.1, 0.15) is 40.8 Å². The zero-order chi connectivity index (χ0) is 24.7. The number of pyridine rings is 1. The predicted molar refractivity (Wildman–Crippen MR) is 129 cm³/mol. The molecule has 0 radical (unpaired) electrons. The first-order valence-electron chi connectivity index (χ1n) is 11.6. The topological polar surface area (TPSA) is 101 Å². The molecule has 0 bridgehead atoms. The molecule has 1 amide bonds. The molecule has 1 aromatic carbocycles. The van der Waals surface area contributed by atoms with Gasteiger partial charge in [-0.05, 0) is 37.5 Å². The molecule has 2 aliphatic heterocycles. The van der Waals surface area contributed by atoms with E-state index in [9.17, 15) is 19.1 Å². The Labute approximate surface area is 205 Å². The molecule has 1 atom stereocenters. The van der Waals surface area contributed by atoms with Gasteiger partial charge in [-0.25, -0.2) is 4.39 Å². The molecule has 9 nitrogen and oxygen atoms in total. The lowest BCUT2D eigenvalue weighted by Crippen LogP contribution is -2.63. The van der Waals surface area contributed by atoms with Crippen molar-refractivity contribution in [2.75, 3.05) is 31.8 Å². The van der Waals surface area contributed by atoms with E-state index >= 15 is 0 Å². The Morgan fingerprint density at radius 2 is 1.89 bits per heavy atom. The summed E-state index contributed by atoms with van der Waals surface area (Å²) in [7, 11) is 1.85. The van der Waals surface area contributed by atoms with Crippen LogP contribution in [0.25, 0.3) is 10.6 Å². The van der Waals surface area contributed by atoms with Gasteiger partial charge in [0.25, 0.3) is 5.91 Å². The van der Waals surface area contributed by atoms with E-state index in [1.807, 2.05) is 19.0 Å². The highest BCUT2D eigenvalue weighted by molar-refractivity contribution is 7.14. The van der Waals surface area contributed by atoms with Crippen molar-refractivity contribution in [2.24, 2.45) is 5.92 Å². The van der Waals surface area contributed by atoms with Crippen molar-refractivity contribution >= 4 is 17.2 Å².